The van der Waals surface area contributed by atoms with E-state index in [9.17, 15) is 18.0 Å². The molecular weight excluding hydrogens is 484 g/mol. The second kappa shape index (κ2) is 10.7. The van der Waals surface area contributed by atoms with Gasteiger partial charge in [-0.1, -0.05) is 42.5 Å². The van der Waals surface area contributed by atoms with E-state index in [0.29, 0.717) is 28.3 Å². The van der Waals surface area contributed by atoms with Gasteiger partial charge in [0.2, 0.25) is 6.10 Å². The zero-order valence-corrected chi connectivity index (χ0v) is 21.3. The molecule has 3 aromatic rings. The van der Waals surface area contributed by atoms with Crippen LogP contribution in [0.2, 0.25) is 0 Å². The quantitative estimate of drug-likeness (QED) is 0.464. The largest absolute Gasteiger partial charge is 0.447 e. The fraction of sp³-hybridized carbons (Fsp3) is 0.308. The van der Waals surface area contributed by atoms with E-state index in [2.05, 4.69) is 5.32 Å². The molecule has 1 N–H and O–H groups in total. The van der Waals surface area contributed by atoms with Gasteiger partial charge in [-0.3, -0.25) is 9.59 Å². The first kappa shape index (κ1) is 25.1. The van der Waals surface area contributed by atoms with Crippen LogP contribution in [-0.4, -0.2) is 37.7 Å². The predicted octanol–water partition coefficient (Wildman–Crippen LogP) is 4.69. The van der Waals surface area contributed by atoms with Gasteiger partial charge in [0, 0.05) is 24.3 Å². The standard InChI is InChI=1S/C26H28N2O5S2/c1-18-15-19(2)17-22(16-18)27-25(29)24(20-7-4-3-5-8-20)33-26(30)21-10-12-28(13-11-21)35(31,32)23-9-6-14-34-23/h3-9,14-17,21,24H,10-13H2,1-2H3,(H,27,29)/t24-/m0/s1. The van der Waals surface area contributed by atoms with Gasteiger partial charge in [0.15, 0.2) is 0 Å². The van der Waals surface area contributed by atoms with Crippen molar-refractivity contribution in [1.29, 1.82) is 0 Å². The number of anilines is 1. The van der Waals surface area contributed by atoms with Gasteiger partial charge in [-0.15, -0.1) is 11.3 Å². The molecule has 1 aliphatic heterocycles. The lowest BCUT2D eigenvalue weighted by Gasteiger charge is -2.30. The maximum Gasteiger partial charge on any atom is 0.310 e. The van der Waals surface area contributed by atoms with Crippen LogP contribution < -0.4 is 5.32 Å². The van der Waals surface area contributed by atoms with Crippen LogP contribution in [-0.2, 0) is 24.3 Å². The lowest BCUT2D eigenvalue weighted by Crippen LogP contribution is -2.41. The van der Waals surface area contributed by atoms with E-state index >= 15 is 0 Å². The Morgan fingerprint density at radius 1 is 1.00 bits per heavy atom. The highest BCUT2D eigenvalue weighted by Gasteiger charge is 2.35. The molecule has 2 heterocycles. The van der Waals surface area contributed by atoms with Crippen LogP contribution in [0.4, 0.5) is 5.69 Å². The number of sulfonamides is 1. The molecule has 0 spiro atoms. The summed E-state index contributed by atoms with van der Waals surface area (Å²) in [4.78, 5) is 26.3. The molecule has 7 nitrogen and oxygen atoms in total. The summed E-state index contributed by atoms with van der Waals surface area (Å²) in [5.74, 6) is -1.42. The number of amides is 1. The number of carbonyl (C=O) groups excluding carboxylic acids is 2. The Bertz CT molecular complexity index is 1260. The minimum atomic E-state index is -3.55. The van der Waals surface area contributed by atoms with Gasteiger partial charge in [0.1, 0.15) is 4.21 Å². The van der Waals surface area contributed by atoms with Gasteiger partial charge in [0.05, 0.1) is 5.92 Å². The molecule has 9 heteroatoms. The number of nitrogens with zero attached hydrogens (tertiary/aromatic N) is 1. The normalized spacial score (nSPS) is 15.9. The number of benzene rings is 2. The number of carbonyl (C=O) groups is 2. The van der Waals surface area contributed by atoms with Crippen molar-refractivity contribution in [3.8, 4) is 0 Å². The molecular formula is C26H28N2O5S2. The zero-order chi connectivity index (χ0) is 25.0. The van der Waals surface area contributed by atoms with Gasteiger partial charge in [-0.05, 0) is 61.4 Å². The van der Waals surface area contributed by atoms with Crippen molar-refractivity contribution in [2.75, 3.05) is 18.4 Å². The predicted molar refractivity (Wildman–Crippen MR) is 136 cm³/mol. The molecule has 1 aromatic heterocycles. The second-order valence-corrected chi connectivity index (χ2v) is 11.8. The molecule has 1 saturated heterocycles. The summed E-state index contributed by atoms with van der Waals surface area (Å²) in [5, 5.41) is 4.60. The van der Waals surface area contributed by atoms with Gasteiger partial charge in [0.25, 0.3) is 15.9 Å². The topological polar surface area (TPSA) is 92.8 Å². The molecule has 35 heavy (non-hydrogen) atoms. The summed E-state index contributed by atoms with van der Waals surface area (Å²) < 4.78 is 33.0. The minimum absolute atomic E-state index is 0.227. The molecule has 0 aliphatic carbocycles. The average molecular weight is 513 g/mol. The highest BCUT2D eigenvalue weighted by Crippen LogP contribution is 2.29. The first-order valence-corrected chi connectivity index (χ1v) is 13.7. The molecule has 1 fully saturated rings. The van der Waals surface area contributed by atoms with Crippen LogP contribution in [0.5, 0.6) is 0 Å². The van der Waals surface area contributed by atoms with E-state index < -0.39 is 33.9 Å². The summed E-state index contributed by atoms with van der Waals surface area (Å²) in [6, 6.07) is 17.9. The van der Waals surface area contributed by atoms with E-state index in [0.717, 1.165) is 11.1 Å². The second-order valence-electron chi connectivity index (χ2n) is 8.70. The third-order valence-electron chi connectivity index (χ3n) is 5.94. The maximum atomic E-state index is 13.2. The number of piperidine rings is 1. The molecule has 1 aliphatic rings. The Kier molecular flexibility index (Phi) is 7.69. The molecule has 0 unspecified atom stereocenters. The number of aryl methyl sites for hydroxylation is 2. The monoisotopic (exact) mass is 512 g/mol. The molecule has 1 amide bonds. The molecule has 4 rings (SSSR count). The summed E-state index contributed by atoms with van der Waals surface area (Å²) in [6.45, 7) is 4.35. The summed E-state index contributed by atoms with van der Waals surface area (Å²) in [5.41, 5.74) is 3.23. The Hall–Kier alpha value is -3.01. The number of nitrogens with one attached hydrogen (secondary N) is 1. The smallest absolute Gasteiger partial charge is 0.310 e. The third-order valence-corrected chi connectivity index (χ3v) is 9.21. The Morgan fingerprint density at radius 2 is 1.66 bits per heavy atom. The van der Waals surface area contributed by atoms with E-state index in [4.69, 9.17) is 4.74 Å². The van der Waals surface area contributed by atoms with Crippen molar-refractivity contribution in [1.82, 2.24) is 4.31 Å². The summed E-state index contributed by atoms with van der Waals surface area (Å²) in [7, 11) is -3.55. The molecule has 0 bridgehead atoms. The number of thiophene rings is 1. The van der Waals surface area contributed by atoms with Crippen LogP contribution in [0.15, 0.2) is 70.3 Å². The minimum Gasteiger partial charge on any atom is -0.447 e. The molecule has 0 radical (unpaired) electrons. The maximum absolute atomic E-state index is 13.2. The summed E-state index contributed by atoms with van der Waals surface area (Å²) >= 11 is 1.18. The fourth-order valence-corrected chi connectivity index (χ4v) is 6.85. The van der Waals surface area contributed by atoms with E-state index in [1.807, 2.05) is 38.1 Å². The van der Waals surface area contributed by atoms with E-state index in [-0.39, 0.29) is 13.1 Å². The molecule has 184 valence electrons. The van der Waals surface area contributed by atoms with Gasteiger partial charge < -0.3 is 10.1 Å². The highest BCUT2D eigenvalue weighted by molar-refractivity contribution is 7.91. The van der Waals surface area contributed by atoms with Gasteiger partial charge in [-0.2, -0.15) is 4.31 Å². The number of ether oxygens (including phenoxy) is 1. The third kappa shape index (κ3) is 5.98. The van der Waals surface area contributed by atoms with Crippen molar-refractivity contribution < 1.29 is 22.7 Å². The Balaban J connectivity index is 1.45. The lowest BCUT2D eigenvalue weighted by molar-refractivity contribution is -0.160. The van der Waals surface area contributed by atoms with Crippen molar-refractivity contribution in [3.63, 3.8) is 0 Å². The van der Waals surface area contributed by atoms with Crippen molar-refractivity contribution in [2.24, 2.45) is 5.92 Å². The Labute approximate surface area is 209 Å². The number of esters is 1. The molecule has 0 saturated carbocycles. The van der Waals surface area contributed by atoms with Crippen molar-refractivity contribution >= 4 is 38.9 Å². The van der Waals surface area contributed by atoms with Crippen LogP contribution in [0, 0.1) is 19.8 Å². The Morgan fingerprint density at radius 3 is 2.26 bits per heavy atom. The molecule has 2 aromatic carbocycles. The van der Waals surface area contributed by atoms with Crippen LogP contribution in [0.3, 0.4) is 0 Å². The van der Waals surface area contributed by atoms with E-state index in [1.54, 1.807) is 41.8 Å². The molecule has 1 atom stereocenters. The van der Waals surface area contributed by atoms with Gasteiger partial charge >= 0.3 is 5.97 Å². The fourth-order valence-electron chi connectivity index (χ4n) is 4.24. The van der Waals surface area contributed by atoms with Crippen LogP contribution in [0.25, 0.3) is 0 Å². The van der Waals surface area contributed by atoms with E-state index in [1.165, 1.54) is 15.6 Å². The first-order chi connectivity index (χ1) is 16.7. The number of rotatable bonds is 7. The number of hydrogen-bond acceptors (Lipinski definition) is 6. The summed E-state index contributed by atoms with van der Waals surface area (Å²) in [6.07, 6.45) is -0.440. The van der Waals surface area contributed by atoms with Crippen molar-refractivity contribution in [3.05, 3.63) is 82.7 Å². The lowest BCUT2D eigenvalue weighted by atomic mass is 9.98. The SMILES string of the molecule is Cc1cc(C)cc(NC(=O)[C@@H](OC(=O)C2CCN(S(=O)(=O)c3cccs3)CC2)c2ccccc2)c1. The van der Waals surface area contributed by atoms with Crippen molar-refractivity contribution in [2.45, 2.75) is 37.0 Å². The number of hydrogen-bond donors (Lipinski definition) is 1. The first-order valence-electron chi connectivity index (χ1n) is 11.4. The average Bonchev–Trinajstić information content (AvgIpc) is 3.38. The van der Waals surface area contributed by atoms with Crippen LogP contribution >= 0.6 is 11.3 Å². The highest BCUT2D eigenvalue weighted by atomic mass is 32.2. The van der Waals surface area contributed by atoms with Gasteiger partial charge in [-0.25, -0.2) is 8.42 Å². The van der Waals surface area contributed by atoms with Crippen LogP contribution in [0.1, 0.15) is 35.6 Å². The zero-order valence-electron chi connectivity index (χ0n) is 19.6.